The number of carbonyl (C=O) groups is 1. The van der Waals surface area contributed by atoms with Gasteiger partial charge in [0.2, 0.25) is 5.91 Å². The number of rotatable bonds is 6. The van der Waals surface area contributed by atoms with Crippen molar-refractivity contribution in [1.82, 2.24) is 9.80 Å². The Hall–Kier alpha value is -1.79. The van der Waals surface area contributed by atoms with Crippen molar-refractivity contribution in [3.63, 3.8) is 0 Å². The molecule has 0 bridgehead atoms. The summed E-state index contributed by atoms with van der Waals surface area (Å²) in [6.45, 7) is 6.34. The molecule has 28 heavy (non-hydrogen) atoms. The average molecular weight is 422 g/mol. The maximum atomic E-state index is 12.7. The molecule has 1 fully saturated rings. The van der Waals surface area contributed by atoms with Crippen molar-refractivity contribution >= 4 is 34.8 Å². The van der Waals surface area contributed by atoms with Gasteiger partial charge in [0.1, 0.15) is 5.75 Å². The minimum atomic E-state index is -0.235. The van der Waals surface area contributed by atoms with Crippen LogP contribution in [0.2, 0.25) is 10.0 Å². The molecule has 0 aliphatic carbocycles. The Kier molecular flexibility index (Phi) is 7.18. The molecule has 1 amide bonds. The SMILES string of the molecule is COc1ccc(Cl)cc1NC(=O)[C@H](C)N1CCN(Cc2ccc(Cl)cc2)CC1. The molecule has 0 spiro atoms. The third-order valence-corrected chi connectivity index (χ3v) is 5.56. The molecule has 150 valence electrons. The molecule has 3 rings (SSSR count). The van der Waals surface area contributed by atoms with Gasteiger partial charge in [-0.25, -0.2) is 0 Å². The number of methoxy groups -OCH3 is 1. The van der Waals surface area contributed by atoms with E-state index in [-0.39, 0.29) is 11.9 Å². The van der Waals surface area contributed by atoms with Crippen LogP contribution in [0.3, 0.4) is 0 Å². The third kappa shape index (κ3) is 5.39. The van der Waals surface area contributed by atoms with E-state index < -0.39 is 0 Å². The Morgan fingerprint density at radius 1 is 1.07 bits per heavy atom. The summed E-state index contributed by atoms with van der Waals surface area (Å²) in [6.07, 6.45) is 0. The van der Waals surface area contributed by atoms with Gasteiger partial charge in [0, 0.05) is 42.8 Å². The van der Waals surface area contributed by atoms with Crippen molar-refractivity contribution in [2.75, 3.05) is 38.6 Å². The molecule has 0 aromatic heterocycles. The van der Waals surface area contributed by atoms with Gasteiger partial charge in [-0.1, -0.05) is 35.3 Å². The van der Waals surface area contributed by atoms with E-state index in [1.165, 1.54) is 5.56 Å². The Bertz CT molecular complexity index is 806. The molecule has 1 aliphatic heterocycles. The quantitative estimate of drug-likeness (QED) is 0.760. The fourth-order valence-corrected chi connectivity index (χ4v) is 3.64. The summed E-state index contributed by atoms with van der Waals surface area (Å²) in [6, 6.07) is 12.9. The first-order valence-electron chi connectivity index (χ1n) is 9.31. The maximum absolute atomic E-state index is 12.7. The van der Waals surface area contributed by atoms with E-state index in [0.29, 0.717) is 16.5 Å². The van der Waals surface area contributed by atoms with Crippen LogP contribution in [-0.2, 0) is 11.3 Å². The van der Waals surface area contributed by atoms with E-state index in [1.54, 1.807) is 25.3 Å². The maximum Gasteiger partial charge on any atom is 0.241 e. The molecule has 1 aliphatic rings. The van der Waals surface area contributed by atoms with E-state index >= 15 is 0 Å². The lowest BCUT2D eigenvalue weighted by Gasteiger charge is -2.37. The molecule has 1 saturated heterocycles. The van der Waals surface area contributed by atoms with E-state index in [2.05, 4.69) is 27.2 Å². The zero-order valence-electron chi connectivity index (χ0n) is 16.1. The average Bonchev–Trinajstić information content (AvgIpc) is 2.70. The molecule has 1 heterocycles. The van der Waals surface area contributed by atoms with E-state index in [0.717, 1.165) is 37.7 Å². The van der Waals surface area contributed by atoms with Crippen molar-refractivity contribution in [2.24, 2.45) is 0 Å². The lowest BCUT2D eigenvalue weighted by molar-refractivity contribution is -0.121. The highest BCUT2D eigenvalue weighted by atomic mass is 35.5. The number of nitrogens with one attached hydrogen (secondary N) is 1. The predicted octanol–water partition coefficient (Wildman–Crippen LogP) is 4.15. The van der Waals surface area contributed by atoms with Crippen LogP contribution in [0.25, 0.3) is 0 Å². The van der Waals surface area contributed by atoms with Gasteiger partial charge >= 0.3 is 0 Å². The highest BCUT2D eigenvalue weighted by Crippen LogP contribution is 2.28. The number of ether oxygens (including phenoxy) is 1. The summed E-state index contributed by atoms with van der Waals surface area (Å²) in [5.74, 6) is 0.532. The van der Waals surface area contributed by atoms with Crippen molar-refractivity contribution in [3.05, 3.63) is 58.1 Å². The number of carbonyl (C=O) groups excluding carboxylic acids is 1. The summed E-state index contributed by atoms with van der Waals surface area (Å²) < 4.78 is 5.30. The first-order chi connectivity index (χ1) is 13.5. The fraction of sp³-hybridized carbons (Fsp3) is 0.381. The topological polar surface area (TPSA) is 44.8 Å². The van der Waals surface area contributed by atoms with Crippen molar-refractivity contribution < 1.29 is 9.53 Å². The van der Waals surface area contributed by atoms with Crippen LogP contribution in [0.15, 0.2) is 42.5 Å². The number of piperazine rings is 1. The normalized spacial score (nSPS) is 16.6. The van der Waals surface area contributed by atoms with Crippen LogP contribution in [0.4, 0.5) is 5.69 Å². The van der Waals surface area contributed by atoms with E-state index in [4.69, 9.17) is 27.9 Å². The summed E-state index contributed by atoms with van der Waals surface area (Å²) in [4.78, 5) is 17.3. The molecule has 0 radical (unpaired) electrons. The minimum Gasteiger partial charge on any atom is -0.495 e. The fourth-order valence-electron chi connectivity index (χ4n) is 3.34. The summed E-state index contributed by atoms with van der Waals surface area (Å²) >= 11 is 12.0. The Morgan fingerprint density at radius 2 is 1.71 bits per heavy atom. The molecule has 2 aromatic carbocycles. The summed E-state index contributed by atoms with van der Waals surface area (Å²) in [7, 11) is 1.57. The van der Waals surface area contributed by atoms with Gasteiger partial charge in [-0.3, -0.25) is 14.6 Å². The highest BCUT2D eigenvalue weighted by Gasteiger charge is 2.26. The third-order valence-electron chi connectivity index (χ3n) is 5.07. The number of amides is 1. The highest BCUT2D eigenvalue weighted by molar-refractivity contribution is 6.31. The van der Waals surface area contributed by atoms with Crippen molar-refractivity contribution in [3.8, 4) is 5.75 Å². The smallest absolute Gasteiger partial charge is 0.241 e. The first kappa shape index (κ1) is 20.9. The zero-order valence-corrected chi connectivity index (χ0v) is 17.6. The van der Waals surface area contributed by atoms with E-state index in [9.17, 15) is 4.79 Å². The van der Waals surface area contributed by atoms with Crippen LogP contribution in [0.1, 0.15) is 12.5 Å². The Morgan fingerprint density at radius 3 is 2.36 bits per heavy atom. The van der Waals surface area contributed by atoms with Crippen LogP contribution in [-0.4, -0.2) is 55.0 Å². The summed E-state index contributed by atoms with van der Waals surface area (Å²) in [5.41, 5.74) is 1.84. The first-order valence-corrected chi connectivity index (χ1v) is 10.1. The summed E-state index contributed by atoms with van der Waals surface area (Å²) in [5, 5.41) is 4.25. The lowest BCUT2D eigenvalue weighted by atomic mass is 10.1. The number of nitrogens with zero attached hydrogens (tertiary/aromatic N) is 2. The molecule has 1 N–H and O–H groups in total. The lowest BCUT2D eigenvalue weighted by Crippen LogP contribution is -2.52. The van der Waals surface area contributed by atoms with Gasteiger partial charge in [0.15, 0.2) is 0 Å². The standard InChI is InChI=1S/C21H25Cl2N3O2/c1-15(21(27)24-19-13-18(23)7-8-20(19)28-2)26-11-9-25(10-12-26)14-16-3-5-17(22)6-4-16/h3-8,13,15H,9-12,14H2,1-2H3,(H,24,27)/t15-/m0/s1. The van der Waals surface area contributed by atoms with Gasteiger partial charge in [0.05, 0.1) is 18.8 Å². The largest absolute Gasteiger partial charge is 0.495 e. The second-order valence-electron chi connectivity index (χ2n) is 6.95. The number of anilines is 1. The van der Waals surface area contributed by atoms with Crippen LogP contribution < -0.4 is 10.1 Å². The Labute approximate surface area is 176 Å². The number of benzene rings is 2. The van der Waals surface area contributed by atoms with Crippen LogP contribution >= 0.6 is 23.2 Å². The molecule has 2 aromatic rings. The zero-order chi connectivity index (χ0) is 20.1. The molecule has 5 nitrogen and oxygen atoms in total. The van der Waals surface area contributed by atoms with E-state index in [1.807, 2.05) is 19.1 Å². The predicted molar refractivity (Wildman–Crippen MR) is 114 cm³/mol. The van der Waals surface area contributed by atoms with Crippen LogP contribution in [0.5, 0.6) is 5.75 Å². The minimum absolute atomic E-state index is 0.0632. The van der Waals surface area contributed by atoms with Gasteiger partial charge in [0.25, 0.3) is 0 Å². The molecule has 0 unspecified atom stereocenters. The second kappa shape index (κ2) is 9.61. The van der Waals surface area contributed by atoms with Crippen molar-refractivity contribution in [1.29, 1.82) is 0 Å². The molecule has 0 saturated carbocycles. The van der Waals surface area contributed by atoms with Gasteiger partial charge in [-0.2, -0.15) is 0 Å². The van der Waals surface area contributed by atoms with Gasteiger partial charge in [-0.15, -0.1) is 0 Å². The molecule has 7 heteroatoms. The number of hydrogen-bond donors (Lipinski definition) is 1. The van der Waals surface area contributed by atoms with Gasteiger partial charge in [-0.05, 0) is 42.8 Å². The molecule has 1 atom stereocenters. The molecular weight excluding hydrogens is 397 g/mol. The van der Waals surface area contributed by atoms with Crippen LogP contribution in [0, 0.1) is 0 Å². The monoisotopic (exact) mass is 421 g/mol. The molecular formula is C21H25Cl2N3O2. The van der Waals surface area contributed by atoms with Gasteiger partial charge < -0.3 is 10.1 Å². The van der Waals surface area contributed by atoms with Crippen molar-refractivity contribution in [2.45, 2.75) is 19.5 Å². The number of halogens is 2. The number of hydrogen-bond acceptors (Lipinski definition) is 4. The Balaban J connectivity index is 1.53. The second-order valence-corrected chi connectivity index (χ2v) is 7.82.